The molecule has 0 aliphatic rings. The van der Waals surface area contributed by atoms with E-state index in [1.54, 1.807) is 5.32 Å². The monoisotopic (exact) mass is 200 g/mol. The molecule has 0 aliphatic heterocycles. The average Bonchev–Trinajstić information content (AvgIpc) is 2.12. The Morgan fingerprint density at radius 1 is 1.62 bits per heavy atom. The second-order valence-electron chi connectivity index (χ2n) is 2.32. The number of rotatable bonds is 5. The minimum atomic E-state index is -3.97. The van der Waals surface area contributed by atoms with Crippen molar-refractivity contribution >= 4 is 5.91 Å². The fourth-order valence-corrected chi connectivity index (χ4v) is 0.578. The molecule has 13 heavy (non-hydrogen) atoms. The third-order valence-electron chi connectivity index (χ3n) is 1.32. The van der Waals surface area contributed by atoms with Crippen molar-refractivity contribution < 1.29 is 23.1 Å². The molecule has 0 aliphatic carbocycles. The Morgan fingerprint density at radius 2 is 2.15 bits per heavy atom. The van der Waals surface area contributed by atoms with Gasteiger partial charge < -0.3 is 16.2 Å². The number of aliphatic hydroxyl groups excluding tert-OH is 1. The molecule has 1 unspecified atom stereocenters. The van der Waals surface area contributed by atoms with Gasteiger partial charge in [0.05, 0.1) is 0 Å². The van der Waals surface area contributed by atoms with Crippen molar-refractivity contribution in [3.8, 4) is 0 Å². The van der Waals surface area contributed by atoms with E-state index in [9.17, 15) is 18.0 Å². The molecule has 0 aromatic carbocycles. The van der Waals surface area contributed by atoms with E-state index in [0.717, 1.165) is 0 Å². The molecule has 78 valence electrons. The fraction of sp³-hybridized carbons (Fsp3) is 0.833. The zero-order valence-corrected chi connectivity index (χ0v) is 6.77. The summed E-state index contributed by atoms with van der Waals surface area (Å²) in [7, 11) is 0. The van der Waals surface area contributed by atoms with Crippen molar-refractivity contribution in [1.82, 2.24) is 5.32 Å². The minimum Gasteiger partial charge on any atom is -0.385 e. The quantitative estimate of drug-likeness (QED) is 0.534. The van der Waals surface area contributed by atoms with E-state index >= 15 is 0 Å². The van der Waals surface area contributed by atoms with Gasteiger partial charge in [0.25, 0.3) is 5.91 Å². The van der Waals surface area contributed by atoms with Crippen molar-refractivity contribution in [2.75, 3.05) is 19.8 Å². The first-order valence-electron chi connectivity index (χ1n) is 3.57. The minimum absolute atomic E-state index is 0.508. The van der Waals surface area contributed by atoms with Crippen LogP contribution in [-0.2, 0) is 4.79 Å². The molecule has 0 spiro atoms. The number of carbonyl (C=O) groups is 1. The summed E-state index contributed by atoms with van der Waals surface area (Å²) in [5.41, 5.74) is 4.74. The molecule has 0 bridgehead atoms. The molecule has 0 rings (SSSR count). The molecule has 0 aromatic heterocycles. The maximum atomic E-state index is 12.7. The highest BCUT2D eigenvalue weighted by Crippen LogP contribution is 2.17. The van der Waals surface area contributed by atoms with E-state index in [2.05, 4.69) is 0 Å². The van der Waals surface area contributed by atoms with Crippen LogP contribution in [0.4, 0.5) is 13.2 Å². The van der Waals surface area contributed by atoms with Gasteiger partial charge in [-0.25, -0.2) is 4.39 Å². The van der Waals surface area contributed by atoms with E-state index in [1.807, 2.05) is 0 Å². The number of hydrogen-bond acceptors (Lipinski definition) is 3. The molecule has 1 amide bonds. The van der Waals surface area contributed by atoms with Gasteiger partial charge in [0.15, 0.2) is 0 Å². The molecule has 0 radical (unpaired) electrons. The summed E-state index contributed by atoms with van der Waals surface area (Å²) in [5, 5.41) is 10.2. The van der Waals surface area contributed by atoms with Crippen LogP contribution in [0.5, 0.6) is 0 Å². The highest BCUT2D eigenvalue weighted by Gasteiger charge is 2.45. The summed E-state index contributed by atoms with van der Waals surface area (Å²) in [6.45, 7) is -2.19. The second kappa shape index (κ2) is 5.03. The number of hydrogen-bond donors (Lipinski definition) is 3. The molecule has 1 atom stereocenters. The van der Waals surface area contributed by atoms with Crippen LogP contribution in [0.2, 0.25) is 0 Å². The van der Waals surface area contributed by atoms with Crippen LogP contribution in [0.15, 0.2) is 0 Å². The summed E-state index contributed by atoms with van der Waals surface area (Å²) in [5.74, 6) is -5.69. The lowest BCUT2D eigenvalue weighted by molar-refractivity contribution is -0.161. The summed E-state index contributed by atoms with van der Waals surface area (Å²) < 4.78 is 36.8. The van der Waals surface area contributed by atoms with Gasteiger partial charge in [-0.15, -0.1) is 0 Å². The molecule has 4 N–H and O–H groups in total. The Labute approximate surface area is 72.9 Å². The van der Waals surface area contributed by atoms with Gasteiger partial charge in [0, 0.05) is 13.1 Å². The maximum absolute atomic E-state index is 12.7. The largest absolute Gasteiger partial charge is 0.385 e. The predicted molar refractivity (Wildman–Crippen MR) is 39.0 cm³/mol. The molecular weight excluding hydrogens is 189 g/mol. The standard InChI is InChI=1S/C6H11F3N2O2/c7-1-2-11-5(13)6(8,9)4(12)3-10/h4,12H,1-3,10H2,(H,11,13). The van der Waals surface area contributed by atoms with E-state index < -0.39 is 37.7 Å². The Kier molecular flexibility index (Phi) is 4.71. The number of nitrogens with two attached hydrogens (primary N) is 1. The van der Waals surface area contributed by atoms with Crippen LogP contribution in [-0.4, -0.2) is 42.8 Å². The number of aliphatic hydroxyl groups is 1. The van der Waals surface area contributed by atoms with E-state index in [0.29, 0.717) is 0 Å². The number of halogens is 3. The third kappa shape index (κ3) is 3.19. The molecule has 0 heterocycles. The van der Waals surface area contributed by atoms with Crippen LogP contribution in [0, 0.1) is 0 Å². The van der Waals surface area contributed by atoms with Gasteiger partial charge in [0.1, 0.15) is 12.8 Å². The van der Waals surface area contributed by atoms with Crippen LogP contribution in [0.3, 0.4) is 0 Å². The van der Waals surface area contributed by atoms with Crippen molar-refractivity contribution in [2.45, 2.75) is 12.0 Å². The van der Waals surface area contributed by atoms with Gasteiger partial charge in [-0.3, -0.25) is 4.79 Å². The molecule has 0 fully saturated rings. The number of carbonyl (C=O) groups excluding carboxylic acids is 1. The van der Waals surface area contributed by atoms with Crippen LogP contribution in [0.25, 0.3) is 0 Å². The molecule has 0 aromatic rings. The highest BCUT2D eigenvalue weighted by atomic mass is 19.3. The first-order valence-corrected chi connectivity index (χ1v) is 3.57. The molecule has 0 saturated heterocycles. The van der Waals surface area contributed by atoms with Crippen LogP contribution in [0.1, 0.15) is 0 Å². The summed E-state index contributed by atoms with van der Waals surface area (Å²) >= 11 is 0. The van der Waals surface area contributed by atoms with Crippen molar-refractivity contribution in [2.24, 2.45) is 5.73 Å². The molecule has 0 saturated carbocycles. The Balaban J connectivity index is 4.18. The molecule has 7 heteroatoms. The lowest BCUT2D eigenvalue weighted by Gasteiger charge is -2.19. The lowest BCUT2D eigenvalue weighted by Crippen LogP contribution is -2.51. The zero-order valence-electron chi connectivity index (χ0n) is 6.77. The summed E-state index contributed by atoms with van der Waals surface area (Å²) in [6, 6.07) is 0. The smallest absolute Gasteiger partial charge is 0.350 e. The Bertz CT molecular complexity index is 177. The first kappa shape index (κ1) is 12.2. The topological polar surface area (TPSA) is 75.3 Å². The Hall–Kier alpha value is -0.820. The van der Waals surface area contributed by atoms with Gasteiger partial charge in [0.2, 0.25) is 0 Å². The summed E-state index contributed by atoms with van der Waals surface area (Å²) in [4.78, 5) is 10.6. The highest BCUT2D eigenvalue weighted by molar-refractivity contribution is 5.84. The number of nitrogens with one attached hydrogen (secondary N) is 1. The predicted octanol–water partition coefficient (Wildman–Crippen LogP) is -0.973. The van der Waals surface area contributed by atoms with Crippen molar-refractivity contribution in [1.29, 1.82) is 0 Å². The normalized spacial score (nSPS) is 13.9. The van der Waals surface area contributed by atoms with Crippen molar-refractivity contribution in [3.63, 3.8) is 0 Å². The fourth-order valence-electron chi connectivity index (χ4n) is 0.578. The maximum Gasteiger partial charge on any atom is 0.350 e. The first-order chi connectivity index (χ1) is 5.96. The average molecular weight is 200 g/mol. The van der Waals surface area contributed by atoms with Crippen LogP contribution < -0.4 is 11.1 Å². The third-order valence-corrected chi connectivity index (χ3v) is 1.32. The molecular formula is C6H11F3N2O2. The number of amides is 1. The molecule has 4 nitrogen and oxygen atoms in total. The van der Waals surface area contributed by atoms with Gasteiger partial charge in [-0.05, 0) is 0 Å². The summed E-state index contributed by atoms with van der Waals surface area (Å²) in [6.07, 6.45) is -2.24. The van der Waals surface area contributed by atoms with E-state index in [4.69, 9.17) is 10.8 Å². The zero-order chi connectivity index (χ0) is 10.5. The second-order valence-corrected chi connectivity index (χ2v) is 2.32. The van der Waals surface area contributed by atoms with Gasteiger partial charge >= 0.3 is 5.92 Å². The van der Waals surface area contributed by atoms with Gasteiger partial charge in [-0.2, -0.15) is 8.78 Å². The lowest BCUT2D eigenvalue weighted by atomic mass is 10.2. The van der Waals surface area contributed by atoms with Gasteiger partial charge in [-0.1, -0.05) is 0 Å². The van der Waals surface area contributed by atoms with E-state index in [1.165, 1.54) is 0 Å². The Morgan fingerprint density at radius 3 is 2.54 bits per heavy atom. The van der Waals surface area contributed by atoms with E-state index in [-0.39, 0.29) is 0 Å². The van der Waals surface area contributed by atoms with Crippen molar-refractivity contribution in [3.05, 3.63) is 0 Å². The van der Waals surface area contributed by atoms with Crippen LogP contribution >= 0.6 is 0 Å². The SMILES string of the molecule is NCC(O)C(F)(F)C(=O)NCCF. The number of alkyl halides is 3.